The Bertz CT molecular complexity index is 58.9. The fourth-order valence-electron chi connectivity index (χ4n) is 0.348. The summed E-state index contributed by atoms with van der Waals surface area (Å²) in [5, 5.41) is 3.01. The summed E-state index contributed by atoms with van der Waals surface area (Å²) in [6.45, 7) is 0. The summed E-state index contributed by atoms with van der Waals surface area (Å²) < 4.78 is 0. The van der Waals surface area contributed by atoms with Crippen LogP contribution in [-0.4, -0.2) is 44.6 Å². The number of rotatable bonds is 4. The zero-order chi connectivity index (χ0) is 9.11. The fraction of sp³-hybridized carbons (Fsp3) is 1.00. The molecule has 0 aliphatic heterocycles. The molecule has 0 aromatic heterocycles. The average Bonchev–Trinajstić information content (AvgIpc) is 1.88. The van der Waals surface area contributed by atoms with Crippen LogP contribution in [0.5, 0.6) is 0 Å². The Balaban J connectivity index is 0. The minimum atomic E-state index is -1.16. The summed E-state index contributed by atoms with van der Waals surface area (Å²) in [7, 11) is 0. The maximum atomic E-state index is 3.31. The second-order valence-corrected chi connectivity index (χ2v) is 50.9. The molecule has 0 radical (unpaired) electrons. The summed E-state index contributed by atoms with van der Waals surface area (Å²) in [5.74, 6) is 4.63. The van der Waals surface area contributed by atoms with E-state index in [0.717, 1.165) is 29.9 Å². The topological polar surface area (TPSA) is 0 Å². The molecule has 70 valence electrons. The van der Waals surface area contributed by atoms with Crippen molar-refractivity contribution in [3.8, 4) is 0 Å². The molecule has 0 nitrogen and oxygen atoms in total. The van der Waals surface area contributed by atoms with Gasteiger partial charge in [-0.3, -0.25) is 0 Å². The van der Waals surface area contributed by atoms with Gasteiger partial charge in [0.25, 0.3) is 0 Å². The third kappa shape index (κ3) is 31.8. The summed E-state index contributed by atoms with van der Waals surface area (Å²) in [5.41, 5.74) is 0. The predicted molar refractivity (Wildman–Crippen MR) is 70.0 cm³/mol. The Hall–Kier alpha value is 3.36. The Morgan fingerprint density at radius 1 is 1.00 bits per heavy atom. The van der Waals surface area contributed by atoms with Crippen molar-refractivity contribution in [2.24, 2.45) is 0 Å². The van der Waals surface area contributed by atoms with Crippen LogP contribution in [0.1, 0.15) is 6.42 Å². The molecule has 0 spiro atoms. The molecule has 0 aliphatic carbocycles. The van der Waals surface area contributed by atoms with Gasteiger partial charge in [-0.25, -0.2) is 0 Å². The second-order valence-electron chi connectivity index (χ2n) is 1.53. The number of hydrogen-bond donors (Lipinski definition) is 0. The number of hydrogen-bond acceptors (Lipinski definition) is 0. The summed E-state index contributed by atoms with van der Waals surface area (Å²) in [6, 6.07) is 0. The van der Waals surface area contributed by atoms with E-state index in [0.29, 0.717) is 0 Å². The third-order valence-corrected chi connectivity index (χ3v) is 3.62. The molecular weight excluding hydrogens is 667 g/mol. The maximum absolute atomic E-state index is 3.31. The van der Waals surface area contributed by atoms with E-state index in [4.69, 9.17) is 0 Å². The molecule has 0 fully saturated rings. The van der Waals surface area contributed by atoms with Gasteiger partial charge in [0.2, 0.25) is 0 Å². The van der Waals surface area contributed by atoms with Crippen molar-refractivity contribution >= 4 is 81.3 Å². The van der Waals surface area contributed by atoms with E-state index >= 15 is 0 Å². The first-order valence-electron chi connectivity index (χ1n) is 2.90. The first kappa shape index (κ1) is 16.8. The molecule has 11 heavy (non-hydrogen) atoms. The van der Waals surface area contributed by atoms with Gasteiger partial charge in [-0.05, 0) is 0 Å². The van der Waals surface area contributed by atoms with Gasteiger partial charge in [0.1, 0.15) is 0 Å². The van der Waals surface area contributed by atoms with Crippen molar-refractivity contribution in [1.29, 1.82) is 0 Å². The zero-order valence-corrected chi connectivity index (χ0v) is 18.2. The molecule has 0 heterocycles. The Kier molecular flexibility index (Phi) is 24.1. The van der Waals surface area contributed by atoms with E-state index in [1.54, 1.807) is 0 Å². The second kappa shape index (κ2) is 15.8. The van der Waals surface area contributed by atoms with Gasteiger partial charge in [0, 0.05) is 0 Å². The standard InChI is InChI=1S/C5H12Se2.Bi.3BrH/c1-6-4-3-5-7-2;;;;/h3-5H2,1-2H3;;3*1H/q;+3;;;/p-3. The van der Waals surface area contributed by atoms with Crippen LogP contribution in [0.15, 0.2) is 0 Å². The van der Waals surface area contributed by atoms with Gasteiger partial charge in [0.05, 0.1) is 0 Å². The van der Waals surface area contributed by atoms with Crippen molar-refractivity contribution in [2.45, 2.75) is 28.7 Å². The molecule has 0 rings (SSSR count). The van der Waals surface area contributed by atoms with E-state index < -0.39 is 14.7 Å². The van der Waals surface area contributed by atoms with Crippen LogP contribution in [0.3, 0.4) is 0 Å². The zero-order valence-electron chi connectivity index (χ0n) is 6.52. The van der Waals surface area contributed by atoms with Gasteiger partial charge in [-0.15, -0.1) is 0 Å². The quantitative estimate of drug-likeness (QED) is 0.313. The van der Waals surface area contributed by atoms with Crippen molar-refractivity contribution < 1.29 is 0 Å². The molecule has 0 bridgehead atoms. The van der Waals surface area contributed by atoms with Crippen molar-refractivity contribution in [3.63, 3.8) is 0 Å². The third-order valence-electron chi connectivity index (χ3n) is 0.697. The van der Waals surface area contributed by atoms with Crippen LogP contribution in [0, 0.1) is 0 Å². The van der Waals surface area contributed by atoms with Gasteiger partial charge in [0.15, 0.2) is 0 Å². The molecule has 6 heteroatoms. The Morgan fingerprint density at radius 3 is 1.45 bits per heavy atom. The molecule has 0 amide bonds. The van der Waals surface area contributed by atoms with Crippen LogP contribution in [0.2, 0.25) is 22.3 Å². The predicted octanol–water partition coefficient (Wildman–Crippen LogP) is 3.87. The van der Waals surface area contributed by atoms with Crippen LogP contribution >= 0.6 is 36.7 Å². The molecule has 0 atom stereocenters. The normalized spacial score (nSPS) is 9.27. The Morgan fingerprint density at radius 2 is 1.27 bits per heavy atom. The van der Waals surface area contributed by atoms with Gasteiger partial charge < -0.3 is 0 Å². The summed E-state index contributed by atoms with van der Waals surface area (Å²) in [6.07, 6.45) is 1.49. The molecule has 0 N–H and O–H groups in total. The van der Waals surface area contributed by atoms with Crippen LogP contribution in [0.4, 0.5) is 0 Å². The van der Waals surface area contributed by atoms with Gasteiger partial charge in [-0.1, -0.05) is 0 Å². The number of halogens is 3. The van der Waals surface area contributed by atoms with Crippen LogP contribution in [0.25, 0.3) is 0 Å². The van der Waals surface area contributed by atoms with Gasteiger partial charge >= 0.3 is 110 Å². The van der Waals surface area contributed by atoms with E-state index in [9.17, 15) is 0 Å². The van der Waals surface area contributed by atoms with E-state index in [1.165, 1.54) is 17.1 Å². The molecular formula is C5H12BiBr3Se2. The molecule has 0 saturated heterocycles. The Labute approximate surface area is 108 Å². The fourth-order valence-corrected chi connectivity index (χ4v) is 3.09. The monoisotopic (exact) mass is 678 g/mol. The molecule has 0 aromatic carbocycles. The van der Waals surface area contributed by atoms with Gasteiger partial charge in [-0.2, -0.15) is 0 Å². The molecule has 0 aliphatic rings. The molecule has 0 unspecified atom stereocenters. The van der Waals surface area contributed by atoms with Crippen LogP contribution in [-0.2, 0) is 0 Å². The van der Waals surface area contributed by atoms with Crippen molar-refractivity contribution in [2.75, 3.05) is 0 Å². The minimum absolute atomic E-state index is 0.936. The van der Waals surface area contributed by atoms with Crippen molar-refractivity contribution in [3.05, 3.63) is 0 Å². The average molecular weight is 679 g/mol. The van der Waals surface area contributed by atoms with Crippen LogP contribution < -0.4 is 0 Å². The molecule has 0 aromatic rings. The van der Waals surface area contributed by atoms with E-state index in [2.05, 4.69) is 48.3 Å². The SMILES string of the molecule is C[Se]CCC[Se]C.[Br][Bi]([Br])[Br]. The summed E-state index contributed by atoms with van der Waals surface area (Å²) >= 11 is 10.6. The van der Waals surface area contributed by atoms with Crippen molar-refractivity contribution in [1.82, 2.24) is 0 Å². The van der Waals surface area contributed by atoms with E-state index in [-0.39, 0.29) is 0 Å². The first-order chi connectivity index (χ1) is 5.15. The van der Waals surface area contributed by atoms with E-state index in [1.807, 2.05) is 0 Å². The molecule has 0 saturated carbocycles. The first-order valence-corrected chi connectivity index (χ1v) is 31.4. The summed E-state index contributed by atoms with van der Waals surface area (Å²) in [4.78, 5) is 0.